The van der Waals surface area contributed by atoms with E-state index < -0.39 is 5.97 Å². The molecular weight excluding hydrogens is 266 g/mol. The van der Waals surface area contributed by atoms with Gasteiger partial charge in [0.1, 0.15) is 5.82 Å². The van der Waals surface area contributed by atoms with Crippen molar-refractivity contribution < 1.29 is 9.90 Å². The van der Waals surface area contributed by atoms with Crippen molar-refractivity contribution in [3.63, 3.8) is 0 Å². The van der Waals surface area contributed by atoms with Gasteiger partial charge in [-0.2, -0.15) is 0 Å². The number of carboxylic acids is 1. The second-order valence-corrected chi connectivity index (χ2v) is 5.72. The van der Waals surface area contributed by atoms with E-state index in [4.69, 9.17) is 5.11 Å². The minimum atomic E-state index is -0.890. The van der Waals surface area contributed by atoms with E-state index in [0.29, 0.717) is 5.56 Å². The number of carbonyl (C=O) groups is 1. The van der Waals surface area contributed by atoms with E-state index in [9.17, 15) is 4.79 Å². The maximum absolute atomic E-state index is 11.1. The van der Waals surface area contributed by atoms with Crippen LogP contribution in [0, 0.1) is 6.92 Å². The Labute approximate surface area is 124 Å². The molecule has 1 N–H and O–H groups in total. The molecule has 0 aliphatic carbocycles. The summed E-state index contributed by atoms with van der Waals surface area (Å²) in [6.07, 6.45) is 3.91. The summed E-state index contributed by atoms with van der Waals surface area (Å²) >= 11 is 0. The highest BCUT2D eigenvalue weighted by Crippen LogP contribution is 2.18. The van der Waals surface area contributed by atoms with Gasteiger partial charge in [-0.3, -0.25) is 0 Å². The van der Waals surface area contributed by atoms with Crippen LogP contribution in [-0.2, 0) is 6.54 Å². The van der Waals surface area contributed by atoms with Crippen LogP contribution in [0.4, 0.5) is 0 Å². The lowest BCUT2D eigenvalue weighted by molar-refractivity contribution is 0.0697. The summed E-state index contributed by atoms with van der Waals surface area (Å²) in [5.74, 6) is 0.0582. The molecule has 1 fully saturated rings. The number of aryl methyl sites for hydroxylation is 1. The van der Waals surface area contributed by atoms with Gasteiger partial charge in [0.05, 0.1) is 16.6 Å². The molecule has 0 radical (unpaired) electrons. The summed E-state index contributed by atoms with van der Waals surface area (Å²) in [7, 11) is 0. The molecule has 0 amide bonds. The van der Waals surface area contributed by atoms with Gasteiger partial charge in [0.25, 0.3) is 0 Å². The predicted molar refractivity (Wildman–Crippen MR) is 81.7 cm³/mol. The quantitative estimate of drug-likeness (QED) is 0.938. The van der Waals surface area contributed by atoms with Gasteiger partial charge >= 0.3 is 5.97 Å². The number of rotatable bonds is 4. The maximum atomic E-state index is 11.1. The highest BCUT2D eigenvalue weighted by molar-refractivity contribution is 5.92. The van der Waals surface area contributed by atoms with Gasteiger partial charge in [0, 0.05) is 13.1 Å². The molecule has 1 aliphatic heterocycles. The first kappa shape index (κ1) is 14.1. The van der Waals surface area contributed by atoms with Crippen molar-refractivity contribution in [2.75, 3.05) is 19.6 Å². The summed E-state index contributed by atoms with van der Waals surface area (Å²) < 4.78 is 2.14. The molecule has 1 aliphatic rings. The van der Waals surface area contributed by atoms with Crippen LogP contribution in [-0.4, -0.2) is 45.2 Å². The number of hydrogen-bond acceptors (Lipinski definition) is 3. The van der Waals surface area contributed by atoms with Gasteiger partial charge in [-0.1, -0.05) is 6.42 Å². The third-order valence-corrected chi connectivity index (χ3v) is 4.27. The first-order chi connectivity index (χ1) is 10.1. The van der Waals surface area contributed by atoms with Crippen LogP contribution in [0.1, 0.15) is 35.4 Å². The minimum Gasteiger partial charge on any atom is -0.478 e. The van der Waals surface area contributed by atoms with Crippen molar-refractivity contribution in [1.82, 2.24) is 14.5 Å². The number of hydrogen-bond donors (Lipinski definition) is 1. The predicted octanol–water partition coefficient (Wildman–Crippen LogP) is 2.53. The Morgan fingerprint density at radius 1 is 1.24 bits per heavy atom. The molecule has 1 saturated heterocycles. The number of piperidine rings is 1. The first-order valence-electron chi connectivity index (χ1n) is 7.58. The van der Waals surface area contributed by atoms with E-state index in [2.05, 4.69) is 14.5 Å². The molecule has 0 spiro atoms. The zero-order chi connectivity index (χ0) is 14.8. The number of aromatic carboxylic acids is 1. The Bertz CT molecular complexity index is 657. The molecule has 21 heavy (non-hydrogen) atoms. The fourth-order valence-corrected chi connectivity index (χ4v) is 3.08. The Morgan fingerprint density at radius 2 is 2.00 bits per heavy atom. The Kier molecular flexibility index (Phi) is 3.92. The van der Waals surface area contributed by atoms with Crippen LogP contribution in [0.25, 0.3) is 11.0 Å². The lowest BCUT2D eigenvalue weighted by Gasteiger charge is -2.26. The average Bonchev–Trinajstić information content (AvgIpc) is 2.80. The summed E-state index contributed by atoms with van der Waals surface area (Å²) in [6.45, 7) is 6.20. The number of benzene rings is 1. The lowest BCUT2D eigenvalue weighted by Crippen LogP contribution is -2.32. The topological polar surface area (TPSA) is 58.4 Å². The van der Waals surface area contributed by atoms with Crippen LogP contribution in [0.15, 0.2) is 18.2 Å². The van der Waals surface area contributed by atoms with E-state index in [1.807, 2.05) is 6.92 Å². The molecule has 2 heterocycles. The molecule has 1 aromatic heterocycles. The smallest absolute Gasteiger partial charge is 0.335 e. The number of fused-ring (bicyclic) bond motifs is 1. The summed E-state index contributed by atoms with van der Waals surface area (Å²) in [5.41, 5.74) is 2.11. The zero-order valence-electron chi connectivity index (χ0n) is 12.4. The molecule has 5 nitrogen and oxygen atoms in total. The monoisotopic (exact) mass is 287 g/mol. The number of nitrogens with zero attached hydrogens (tertiary/aromatic N) is 3. The zero-order valence-corrected chi connectivity index (χ0v) is 12.4. The van der Waals surface area contributed by atoms with Gasteiger partial charge in [-0.05, 0) is 51.1 Å². The molecule has 0 saturated carbocycles. The third-order valence-electron chi connectivity index (χ3n) is 4.27. The van der Waals surface area contributed by atoms with E-state index in [0.717, 1.165) is 29.9 Å². The van der Waals surface area contributed by atoms with Crippen molar-refractivity contribution >= 4 is 17.0 Å². The number of likely N-dealkylation sites (tertiary alicyclic amines) is 1. The first-order valence-corrected chi connectivity index (χ1v) is 7.58. The fourth-order valence-electron chi connectivity index (χ4n) is 3.08. The minimum absolute atomic E-state index is 0.321. The molecule has 5 heteroatoms. The highest BCUT2D eigenvalue weighted by atomic mass is 16.4. The van der Waals surface area contributed by atoms with Gasteiger partial charge in [0.2, 0.25) is 0 Å². The van der Waals surface area contributed by atoms with Crippen LogP contribution in [0.5, 0.6) is 0 Å². The van der Waals surface area contributed by atoms with E-state index in [-0.39, 0.29) is 0 Å². The summed E-state index contributed by atoms with van der Waals surface area (Å²) in [4.78, 5) is 18.1. The molecule has 0 atom stereocenters. The highest BCUT2D eigenvalue weighted by Gasteiger charge is 2.13. The Balaban J connectivity index is 1.84. The second-order valence-electron chi connectivity index (χ2n) is 5.72. The molecular formula is C16H21N3O2. The van der Waals surface area contributed by atoms with Crippen molar-refractivity contribution in [2.45, 2.75) is 32.7 Å². The van der Waals surface area contributed by atoms with Crippen LogP contribution >= 0.6 is 0 Å². The van der Waals surface area contributed by atoms with Gasteiger partial charge in [0.15, 0.2) is 0 Å². The van der Waals surface area contributed by atoms with E-state index in [1.54, 1.807) is 18.2 Å². The van der Waals surface area contributed by atoms with Crippen LogP contribution in [0.2, 0.25) is 0 Å². The fraction of sp³-hybridized carbons (Fsp3) is 0.500. The van der Waals surface area contributed by atoms with Crippen molar-refractivity contribution in [3.8, 4) is 0 Å². The molecule has 0 unspecified atom stereocenters. The van der Waals surface area contributed by atoms with Crippen molar-refractivity contribution in [2.24, 2.45) is 0 Å². The van der Waals surface area contributed by atoms with Gasteiger partial charge in [-0.25, -0.2) is 9.78 Å². The molecule has 0 bridgehead atoms. The second kappa shape index (κ2) is 5.85. The number of carboxylic acid groups (broad SMARTS) is 1. The third kappa shape index (κ3) is 2.93. The molecule has 1 aromatic carbocycles. The van der Waals surface area contributed by atoms with Crippen LogP contribution in [0.3, 0.4) is 0 Å². The number of imidazole rings is 1. The molecule has 3 rings (SSSR count). The average molecular weight is 287 g/mol. The summed E-state index contributed by atoms with van der Waals surface area (Å²) in [5, 5.41) is 9.14. The van der Waals surface area contributed by atoms with E-state index >= 15 is 0 Å². The molecule has 2 aromatic rings. The number of aromatic nitrogens is 2. The Hall–Kier alpha value is -1.88. The van der Waals surface area contributed by atoms with Crippen LogP contribution < -0.4 is 0 Å². The normalized spacial score (nSPS) is 16.4. The SMILES string of the molecule is Cc1nc2ccc(C(=O)O)cc2n1CCN1CCCCC1. The maximum Gasteiger partial charge on any atom is 0.335 e. The standard InChI is InChI=1S/C16H21N3O2/c1-12-17-14-6-5-13(16(20)21)11-15(14)19(12)10-9-18-7-3-2-4-8-18/h5-6,11H,2-4,7-10H2,1H3,(H,20,21). The van der Waals surface area contributed by atoms with Crippen molar-refractivity contribution in [3.05, 3.63) is 29.6 Å². The van der Waals surface area contributed by atoms with Crippen molar-refractivity contribution in [1.29, 1.82) is 0 Å². The Morgan fingerprint density at radius 3 is 2.71 bits per heavy atom. The largest absolute Gasteiger partial charge is 0.478 e. The van der Waals surface area contributed by atoms with Gasteiger partial charge < -0.3 is 14.6 Å². The van der Waals surface area contributed by atoms with Gasteiger partial charge in [-0.15, -0.1) is 0 Å². The summed E-state index contributed by atoms with van der Waals surface area (Å²) in [6, 6.07) is 5.14. The lowest BCUT2D eigenvalue weighted by atomic mass is 10.1. The van der Waals surface area contributed by atoms with E-state index in [1.165, 1.54) is 32.4 Å². The molecule has 112 valence electrons.